The second-order valence-electron chi connectivity index (χ2n) is 8.59. The first-order valence-corrected chi connectivity index (χ1v) is 8.73. The Balaban J connectivity index is 1.78. The number of fused-ring (bicyclic) bond motifs is 2. The zero-order chi connectivity index (χ0) is 16.1. The Morgan fingerprint density at radius 3 is 2.68 bits per heavy atom. The van der Waals surface area contributed by atoms with Gasteiger partial charge in [0.15, 0.2) is 5.11 Å². The third-order valence-corrected chi connectivity index (χ3v) is 5.65. The average molecular weight is 317 g/mol. The van der Waals surface area contributed by atoms with E-state index >= 15 is 0 Å². The van der Waals surface area contributed by atoms with Gasteiger partial charge < -0.3 is 10.2 Å². The van der Waals surface area contributed by atoms with Crippen LogP contribution >= 0.6 is 12.2 Å². The molecule has 0 radical (unpaired) electrons. The molecule has 2 fully saturated rings. The lowest BCUT2D eigenvalue weighted by atomic mass is 9.65. The van der Waals surface area contributed by atoms with E-state index in [0.717, 1.165) is 17.3 Å². The smallest absolute Gasteiger partial charge is 0.173 e. The SMILES string of the molecule is Cc1ccc(C)c(NC(=S)N2CC3(C)CC2CC(C)(C)C3)c1. The molecule has 2 unspecified atom stereocenters. The van der Waals surface area contributed by atoms with Crippen molar-refractivity contribution in [1.29, 1.82) is 0 Å². The summed E-state index contributed by atoms with van der Waals surface area (Å²) in [5, 5.41) is 4.41. The van der Waals surface area contributed by atoms with E-state index in [1.54, 1.807) is 0 Å². The number of likely N-dealkylation sites (tertiary alicyclic amines) is 1. The number of anilines is 1. The molecule has 1 aliphatic heterocycles. The second-order valence-corrected chi connectivity index (χ2v) is 8.98. The molecular formula is C19H28N2S. The Kier molecular flexibility index (Phi) is 3.75. The summed E-state index contributed by atoms with van der Waals surface area (Å²) < 4.78 is 0. The molecule has 3 rings (SSSR count). The first kappa shape index (κ1) is 15.8. The van der Waals surface area contributed by atoms with Gasteiger partial charge in [0.05, 0.1) is 0 Å². The van der Waals surface area contributed by atoms with Gasteiger partial charge in [-0.1, -0.05) is 32.9 Å². The minimum atomic E-state index is 0.416. The molecule has 1 aliphatic carbocycles. The third-order valence-electron chi connectivity index (χ3n) is 5.31. The number of aryl methyl sites for hydroxylation is 2. The van der Waals surface area contributed by atoms with Crippen molar-refractivity contribution in [2.75, 3.05) is 11.9 Å². The fraction of sp³-hybridized carbons (Fsp3) is 0.632. The lowest BCUT2D eigenvalue weighted by molar-refractivity contribution is 0.132. The molecule has 1 N–H and O–H groups in total. The number of nitrogens with zero attached hydrogens (tertiary/aromatic N) is 1. The Bertz CT molecular complexity index is 607. The molecular weight excluding hydrogens is 288 g/mol. The van der Waals surface area contributed by atoms with E-state index in [9.17, 15) is 0 Å². The zero-order valence-electron chi connectivity index (χ0n) is 14.5. The van der Waals surface area contributed by atoms with Crippen molar-refractivity contribution in [3.05, 3.63) is 29.3 Å². The van der Waals surface area contributed by atoms with Crippen molar-refractivity contribution >= 4 is 23.0 Å². The summed E-state index contributed by atoms with van der Waals surface area (Å²) in [5.74, 6) is 0. The lowest BCUT2D eigenvalue weighted by Crippen LogP contribution is -2.40. The first-order valence-electron chi connectivity index (χ1n) is 8.32. The second kappa shape index (κ2) is 5.23. The highest BCUT2D eigenvalue weighted by molar-refractivity contribution is 7.80. The standard InChI is InChI=1S/C19H28N2S/c1-13-6-7-14(2)16(8-13)20-17(22)21-12-19(5)10-15(21)9-18(3,4)11-19/h6-8,15H,9-12H2,1-5H3,(H,20,22). The maximum Gasteiger partial charge on any atom is 0.173 e. The van der Waals surface area contributed by atoms with E-state index in [0.29, 0.717) is 16.9 Å². The molecule has 2 aliphatic rings. The molecule has 22 heavy (non-hydrogen) atoms. The molecule has 1 heterocycles. The minimum Gasteiger partial charge on any atom is -0.345 e. The molecule has 3 heteroatoms. The van der Waals surface area contributed by atoms with Crippen LogP contribution in [0, 0.1) is 24.7 Å². The van der Waals surface area contributed by atoms with E-state index in [1.165, 1.54) is 30.4 Å². The summed E-state index contributed by atoms with van der Waals surface area (Å²) in [5.41, 5.74) is 4.52. The molecule has 0 spiro atoms. The van der Waals surface area contributed by atoms with Crippen LogP contribution in [0.1, 0.15) is 51.2 Å². The van der Waals surface area contributed by atoms with Gasteiger partial charge in [-0.3, -0.25) is 0 Å². The van der Waals surface area contributed by atoms with Gasteiger partial charge in [0, 0.05) is 18.3 Å². The molecule has 0 amide bonds. The fourth-order valence-corrected chi connectivity index (χ4v) is 5.08. The topological polar surface area (TPSA) is 15.3 Å². The van der Waals surface area contributed by atoms with Gasteiger partial charge in [-0.05, 0) is 73.4 Å². The van der Waals surface area contributed by atoms with Crippen molar-refractivity contribution in [3.63, 3.8) is 0 Å². The van der Waals surface area contributed by atoms with Crippen molar-refractivity contribution in [2.45, 2.75) is 59.9 Å². The van der Waals surface area contributed by atoms with E-state index < -0.39 is 0 Å². The van der Waals surface area contributed by atoms with Crippen LogP contribution in [0.15, 0.2) is 18.2 Å². The number of benzene rings is 1. The molecule has 2 nitrogen and oxygen atoms in total. The average Bonchev–Trinajstić information content (AvgIpc) is 2.63. The predicted molar refractivity (Wildman–Crippen MR) is 98.4 cm³/mol. The summed E-state index contributed by atoms with van der Waals surface area (Å²) in [6.07, 6.45) is 3.83. The quantitative estimate of drug-likeness (QED) is 0.742. The molecule has 1 saturated heterocycles. The zero-order valence-corrected chi connectivity index (χ0v) is 15.3. The van der Waals surface area contributed by atoms with Gasteiger partial charge >= 0.3 is 0 Å². The van der Waals surface area contributed by atoms with Gasteiger partial charge in [0.25, 0.3) is 0 Å². The minimum absolute atomic E-state index is 0.416. The number of hydrogen-bond acceptors (Lipinski definition) is 1. The Morgan fingerprint density at radius 1 is 1.23 bits per heavy atom. The van der Waals surface area contributed by atoms with E-state index in [1.807, 2.05) is 0 Å². The summed E-state index contributed by atoms with van der Waals surface area (Å²) in [4.78, 5) is 2.45. The number of hydrogen-bond donors (Lipinski definition) is 1. The highest BCUT2D eigenvalue weighted by atomic mass is 32.1. The van der Waals surface area contributed by atoms with Crippen LogP contribution in [0.5, 0.6) is 0 Å². The summed E-state index contributed by atoms with van der Waals surface area (Å²) in [6.45, 7) is 12.6. The highest BCUT2D eigenvalue weighted by Gasteiger charge is 2.50. The largest absolute Gasteiger partial charge is 0.345 e. The normalized spacial score (nSPS) is 29.5. The molecule has 1 saturated carbocycles. The van der Waals surface area contributed by atoms with Crippen molar-refractivity contribution in [2.24, 2.45) is 10.8 Å². The predicted octanol–water partition coefficient (Wildman–Crippen LogP) is 4.90. The number of nitrogens with one attached hydrogen (secondary N) is 1. The lowest BCUT2D eigenvalue weighted by Gasteiger charge is -2.39. The van der Waals surface area contributed by atoms with Gasteiger partial charge in [-0.15, -0.1) is 0 Å². The van der Waals surface area contributed by atoms with Crippen LogP contribution in [-0.4, -0.2) is 22.6 Å². The number of thiocarbonyl (C=S) groups is 1. The van der Waals surface area contributed by atoms with Crippen molar-refractivity contribution < 1.29 is 0 Å². The maximum absolute atomic E-state index is 5.76. The van der Waals surface area contributed by atoms with Crippen molar-refractivity contribution in [1.82, 2.24) is 4.90 Å². The summed E-state index contributed by atoms with van der Waals surface area (Å²) >= 11 is 5.76. The fourth-order valence-electron chi connectivity index (χ4n) is 4.75. The van der Waals surface area contributed by atoms with Crippen LogP contribution < -0.4 is 5.32 Å². The Labute approximate surface area is 140 Å². The Hall–Kier alpha value is -1.09. The van der Waals surface area contributed by atoms with E-state index in [-0.39, 0.29) is 0 Å². The van der Waals surface area contributed by atoms with Crippen LogP contribution in [0.25, 0.3) is 0 Å². The van der Waals surface area contributed by atoms with Crippen LogP contribution in [0.4, 0.5) is 5.69 Å². The van der Waals surface area contributed by atoms with Crippen LogP contribution in [0.2, 0.25) is 0 Å². The van der Waals surface area contributed by atoms with Gasteiger partial charge in [-0.2, -0.15) is 0 Å². The highest BCUT2D eigenvalue weighted by Crippen LogP contribution is 2.52. The van der Waals surface area contributed by atoms with E-state index in [4.69, 9.17) is 12.2 Å². The first-order chi connectivity index (χ1) is 10.2. The molecule has 2 bridgehead atoms. The van der Waals surface area contributed by atoms with E-state index in [2.05, 4.69) is 63.0 Å². The maximum atomic E-state index is 5.76. The van der Waals surface area contributed by atoms with Crippen LogP contribution in [-0.2, 0) is 0 Å². The molecule has 2 atom stereocenters. The summed E-state index contributed by atoms with van der Waals surface area (Å²) in [7, 11) is 0. The van der Waals surface area contributed by atoms with Gasteiger partial charge in [0.1, 0.15) is 0 Å². The molecule has 120 valence electrons. The molecule has 0 aromatic heterocycles. The molecule has 1 aromatic rings. The number of rotatable bonds is 1. The molecule has 1 aromatic carbocycles. The Morgan fingerprint density at radius 2 is 1.95 bits per heavy atom. The van der Waals surface area contributed by atoms with Crippen molar-refractivity contribution in [3.8, 4) is 0 Å². The third kappa shape index (κ3) is 3.01. The van der Waals surface area contributed by atoms with Crippen LogP contribution in [0.3, 0.4) is 0 Å². The summed E-state index contributed by atoms with van der Waals surface area (Å²) in [6, 6.07) is 7.09. The van der Waals surface area contributed by atoms with Gasteiger partial charge in [-0.25, -0.2) is 0 Å². The monoisotopic (exact) mass is 316 g/mol. The van der Waals surface area contributed by atoms with Gasteiger partial charge in [0.2, 0.25) is 0 Å².